The van der Waals surface area contributed by atoms with E-state index in [1.165, 1.54) is 10.5 Å². The van der Waals surface area contributed by atoms with Crippen LogP contribution in [0.4, 0.5) is 0 Å². The van der Waals surface area contributed by atoms with E-state index in [1.807, 2.05) is 24.3 Å². The molecule has 1 aromatic rings. The first-order valence-electron chi connectivity index (χ1n) is 7.53. The lowest BCUT2D eigenvalue weighted by Gasteiger charge is -2.13. The van der Waals surface area contributed by atoms with Gasteiger partial charge in [0, 0.05) is 27.2 Å². The van der Waals surface area contributed by atoms with Gasteiger partial charge in [-0.3, -0.25) is 4.79 Å². The lowest BCUT2D eigenvalue weighted by molar-refractivity contribution is -0.127. The third-order valence-electron chi connectivity index (χ3n) is 3.15. The number of methoxy groups -OCH3 is 1. The van der Waals surface area contributed by atoms with E-state index in [4.69, 9.17) is 4.74 Å². The molecule has 0 saturated carbocycles. The van der Waals surface area contributed by atoms with Crippen molar-refractivity contribution in [1.29, 1.82) is 0 Å². The van der Waals surface area contributed by atoms with Crippen molar-refractivity contribution in [1.82, 2.24) is 15.5 Å². The first-order chi connectivity index (χ1) is 11.1. The van der Waals surface area contributed by atoms with Gasteiger partial charge in [0.05, 0.1) is 7.11 Å². The van der Waals surface area contributed by atoms with Gasteiger partial charge >= 0.3 is 0 Å². The van der Waals surface area contributed by atoms with Crippen LogP contribution >= 0.6 is 0 Å². The van der Waals surface area contributed by atoms with Crippen molar-refractivity contribution in [2.75, 3.05) is 40.8 Å². The first-order valence-corrected chi connectivity index (χ1v) is 7.53. The van der Waals surface area contributed by atoms with Gasteiger partial charge in [-0.05, 0) is 24.1 Å². The number of carbonyl (C=O) groups is 1. The van der Waals surface area contributed by atoms with Gasteiger partial charge in [0.2, 0.25) is 5.91 Å². The summed E-state index contributed by atoms with van der Waals surface area (Å²) in [5, 5.41) is 6.31. The zero-order chi connectivity index (χ0) is 17.1. The highest BCUT2D eigenvalue weighted by molar-refractivity contribution is 5.84. The molecule has 0 aliphatic carbocycles. The number of nitrogens with one attached hydrogen (secondary N) is 2. The Labute approximate surface area is 138 Å². The smallest absolute Gasteiger partial charge is 0.243 e. The topological polar surface area (TPSA) is 66.0 Å². The molecule has 0 radical (unpaired) electrons. The maximum atomic E-state index is 11.6. The Balaban J connectivity index is 2.50. The Kier molecular flexibility index (Phi) is 8.28. The number of rotatable bonds is 8. The summed E-state index contributed by atoms with van der Waals surface area (Å²) in [7, 11) is 5.08. The second-order valence-electron chi connectivity index (χ2n) is 5.15. The minimum absolute atomic E-state index is 0.0418. The molecular weight excluding hydrogens is 292 g/mol. The molecule has 0 aliphatic heterocycles. The van der Waals surface area contributed by atoms with Crippen molar-refractivity contribution in [3.63, 3.8) is 0 Å². The summed E-state index contributed by atoms with van der Waals surface area (Å²) in [4.78, 5) is 17.4. The molecule has 6 nitrogen and oxygen atoms in total. The van der Waals surface area contributed by atoms with Crippen molar-refractivity contribution < 1.29 is 9.53 Å². The number of guanidine groups is 1. The minimum atomic E-state index is -0.0418. The van der Waals surface area contributed by atoms with Crippen molar-refractivity contribution in [3.8, 4) is 5.75 Å². The van der Waals surface area contributed by atoms with Gasteiger partial charge in [-0.1, -0.05) is 18.2 Å². The van der Waals surface area contributed by atoms with Crippen LogP contribution in [0, 0.1) is 0 Å². The number of nitrogens with zero attached hydrogens (tertiary/aromatic N) is 2. The standard InChI is InChI=1S/C17H26N4O2/c1-5-11-18-17(20-13-16(22)21(2)3)19-12-10-14-6-8-15(23-4)9-7-14/h5-9H,1,10-13H2,2-4H3,(H2,18,19,20). The molecule has 0 aliphatic rings. The van der Waals surface area contributed by atoms with Crippen LogP contribution in [-0.2, 0) is 11.2 Å². The number of hydrogen-bond acceptors (Lipinski definition) is 3. The number of ether oxygens (including phenoxy) is 1. The average Bonchev–Trinajstić information content (AvgIpc) is 2.56. The maximum absolute atomic E-state index is 11.6. The average molecular weight is 318 g/mol. The van der Waals surface area contributed by atoms with E-state index in [2.05, 4.69) is 22.2 Å². The largest absolute Gasteiger partial charge is 0.497 e. The molecule has 1 amide bonds. The third-order valence-corrected chi connectivity index (χ3v) is 3.15. The summed E-state index contributed by atoms with van der Waals surface area (Å²) in [6.07, 6.45) is 2.59. The Bertz CT molecular complexity index is 524. The summed E-state index contributed by atoms with van der Waals surface area (Å²) < 4.78 is 5.14. The van der Waals surface area contributed by atoms with Crippen molar-refractivity contribution >= 4 is 11.9 Å². The normalized spacial score (nSPS) is 10.8. The lowest BCUT2D eigenvalue weighted by atomic mass is 10.1. The van der Waals surface area contributed by atoms with Crippen LogP contribution in [0.15, 0.2) is 41.9 Å². The van der Waals surface area contributed by atoms with Gasteiger partial charge in [-0.25, -0.2) is 4.99 Å². The van der Waals surface area contributed by atoms with Crippen LogP contribution in [0.2, 0.25) is 0 Å². The van der Waals surface area contributed by atoms with Crippen LogP contribution in [0.5, 0.6) is 5.75 Å². The third kappa shape index (κ3) is 7.35. The summed E-state index contributed by atoms with van der Waals surface area (Å²) >= 11 is 0. The van der Waals surface area contributed by atoms with Crippen LogP contribution in [0.3, 0.4) is 0 Å². The van der Waals surface area contributed by atoms with E-state index < -0.39 is 0 Å². The van der Waals surface area contributed by atoms with Crippen molar-refractivity contribution in [3.05, 3.63) is 42.5 Å². The molecule has 0 fully saturated rings. The summed E-state index contributed by atoms with van der Waals surface area (Å²) in [6, 6.07) is 7.94. The Morgan fingerprint density at radius 1 is 1.30 bits per heavy atom. The predicted octanol–water partition coefficient (Wildman–Crippen LogP) is 1.05. The Morgan fingerprint density at radius 2 is 2.00 bits per heavy atom. The lowest BCUT2D eigenvalue weighted by Crippen LogP contribution is -2.39. The number of benzene rings is 1. The zero-order valence-corrected chi connectivity index (χ0v) is 14.1. The fourth-order valence-corrected chi connectivity index (χ4v) is 1.75. The van der Waals surface area contributed by atoms with Crippen LogP contribution in [0.25, 0.3) is 0 Å². The molecule has 1 aromatic carbocycles. The van der Waals surface area contributed by atoms with Gasteiger partial charge in [0.15, 0.2) is 5.96 Å². The Morgan fingerprint density at radius 3 is 2.57 bits per heavy atom. The highest BCUT2D eigenvalue weighted by Crippen LogP contribution is 2.11. The van der Waals surface area contributed by atoms with E-state index in [0.29, 0.717) is 19.0 Å². The molecule has 0 heterocycles. The monoisotopic (exact) mass is 318 g/mol. The van der Waals surface area contributed by atoms with Crippen molar-refractivity contribution in [2.45, 2.75) is 6.42 Å². The highest BCUT2D eigenvalue weighted by atomic mass is 16.5. The molecule has 0 spiro atoms. The zero-order valence-electron chi connectivity index (χ0n) is 14.1. The summed E-state index contributed by atoms with van der Waals surface area (Å²) in [5.41, 5.74) is 1.20. The minimum Gasteiger partial charge on any atom is -0.497 e. The fraction of sp³-hybridized carbons (Fsp3) is 0.412. The summed E-state index contributed by atoms with van der Waals surface area (Å²) in [6.45, 7) is 5.08. The second-order valence-corrected chi connectivity index (χ2v) is 5.15. The molecule has 2 N–H and O–H groups in total. The fourth-order valence-electron chi connectivity index (χ4n) is 1.75. The second kappa shape index (κ2) is 10.3. The molecule has 0 aromatic heterocycles. The molecule has 0 saturated heterocycles. The number of carbonyl (C=O) groups excluding carboxylic acids is 1. The van der Waals surface area contributed by atoms with E-state index in [1.54, 1.807) is 27.3 Å². The number of amides is 1. The van der Waals surface area contributed by atoms with Gasteiger partial charge in [0.1, 0.15) is 12.3 Å². The predicted molar refractivity (Wildman–Crippen MR) is 93.9 cm³/mol. The van der Waals surface area contributed by atoms with E-state index in [9.17, 15) is 4.79 Å². The van der Waals surface area contributed by atoms with Gasteiger partial charge in [-0.2, -0.15) is 0 Å². The van der Waals surface area contributed by atoms with Crippen molar-refractivity contribution in [2.24, 2.45) is 4.99 Å². The molecular formula is C17H26N4O2. The SMILES string of the molecule is C=CCNC(=NCC(=O)N(C)C)NCCc1ccc(OC)cc1. The van der Waals surface area contributed by atoms with Crippen LogP contribution in [0.1, 0.15) is 5.56 Å². The molecule has 6 heteroatoms. The number of likely N-dealkylation sites (N-methyl/N-ethyl adjacent to an activating group) is 1. The molecule has 1 rings (SSSR count). The van der Waals surface area contributed by atoms with E-state index in [0.717, 1.165) is 12.2 Å². The molecule has 0 atom stereocenters. The van der Waals surface area contributed by atoms with Gasteiger partial charge < -0.3 is 20.3 Å². The first kappa shape index (κ1) is 18.5. The molecule has 0 bridgehead atoms. The quantitative estimate of drug-likeness (QED) is 0.427. The number of aliphatic imine (C=N–C) groups is 1. The van der Waals surface area contributed by atoms with Gasteiger partial charge in [0.25, 0.3) is 0 Å². The Hall–Kier alpha value is -2.50. The van der Waals surface area contributed by atoms with E-state index >= 15 is 0 Å². The van der Waals surface area contributed by atoms with Gasteiger partial charge in [-0.15, -0.1) is 6.58 Å². The van der Waals surface area contributed by atoms with Crippen LogP contribution < -0.4 is 15.4 Å². The highest BCUT2D eigenvalue weighted by Gasteiger charge is 2.04. The van der Waals surface area contributed by atoms with E-state index in [-0.39, 0.29) is 12.5 Å². The molecule has 0 unspecified atom stereocenters. The molecule has 126 valence electrons. The van der Waals surface area contributed by atoms with Crippen LogP contribution in [-0.4, -0.2) is 57.6 Å². The maximum Gasteiger partial charge on any atom is 0.243 e. The molecule has 23 heavy (non-hydrogen) atoms. The summed E-state index contributed by atoms with van der Waals surface area (Å²) in [5.74, 6) is 1.41. The number of hydrogen-bond donors (Lipinski definition) is 2.